The van der Waals surface area contributed by atoms with Crippen LogP contribution in [0.3, 0.4) is 0 Å². The lowest BCUT2D eigenvalue weighted by atomic mass is 10.2. The molecule has 0 spiro atoms. The van der Waals surface area contributed by atoms with Crippen molar-refractivity contribution in [2.45, 2.75) is 16.5 Å². The van der Waals surface area contributed by atoms with Crippen molar-refractivity contribution in [3.8, 4) is 0 Å². The maximum atomic E-state index is 10.5. The first-order valence-corrected chi connectivity index (χ1v) is 8.17. The summed E-state index contributed by atoms with van der Waals surface area (Å²) >= 11 is 8.30. The lowest BCUT2D eigenvalue weighted by molar-refractivity contribution is -0.403. The molecule has 0 aliphatic heterocycles. The molecule has 2 heterocycles. The first kappa shape index (κ1) is 15.7. The normalized spacial score (nSPS) is 10.7. The lowest BCUT2D eigenvalue weighted by Crippen LogP contribution is -1.92. The Labute approximate surface area is 143 Å². The smallest absolute Gasteiger partial charge is 0.374 e. The van der Waals surface area contributed by atoms with Crippen LogP contribution in [-0.4, -0.2) is 20.1 Å². The van der Waals surface area contributed by atoms with Crippen LogP contribution in [-0.2, 0) is 0 Å². The molecule has 3 aromatic rings. The molecule has 0 fully saturated rings. The van der Waals surface area contributed by atoms with Crippen LogP contribution >= 0.6 is 34.7 Å². The molecule has 3 rings (SSSR count). The fourth-order valence-corrected chi connectivity index (χ4v) is 3.34. The molecule has 1 aromatic carbocycles. The van der Waals surface area contributed by atoms with E-state index in [0.717, 1.165) is 29.2 Å². The molecule has 0 aliphatic carbocycles. The summed E-state index contributed by atoms with van der Waals surface area (Å²) in [6.45, 7) is 1.95. The van der Waals surface area contributed by atoms with Gasteiger partial charge in [-0.1, -0.05) is 29.0 Å². The maximum Gasteiger partial charge on any atom is 0.453 e. The van der Waals surface area contributed by atoms with Gasteiger partial charge in [0, 0.05) is 22.5 Å². The first-order valence-electron chi connectivity index (χ1n) is 6.16. The second kappa shape index (κ2) is 6.52. The fourth-order valence-electron chi connectivity index (χ4n) is 1.60. The Morgan fingerprint density at radius 3 is 3.00 bits per heavy atom. The van der Waals surface area contributed by atoms with Crippen molar-refractivity contribution in [2.24, 2.45) is 0 Å². The van der Waals surface area contributed by atoms with Crippen molar-refractivity contribution in [3.05, 3.63) is 45.1 Å². The van der Waals surface area contributed by atoms with E-state index in [1.807, 2.05) is 13.0 Å². The van der Waals surface area contributed by atoms with Crippen molar-refractivity contribution in [1.82, 2.24) is 15.2 Å². The van der Waals surface area contributed by atoms with E-state index in [9.17, 15) is 10.1 Å². The Morgan fingerprint density at radius 2 is 2.26 bits per heavy atom. The summed E-state index contributed by atoms with van der Waals surface area (Å²) in [7, 11) is 0. The summed E-state index contributed by atoms with van der Waals surface area (Å²) < 4.78 is 5.51. The van der Waals surface area contributed by atoms with Crippen molar-refractivity contribution in [1.29, 1.82) is 0 Å². The molecule has 1 N–H and O–H groups in total. The van der Waals surface area contributed by atoms with Gasteiger partial charge in [0.1, 0.15) is 11.1 Å². The highest BCUT2D eigenvalue weighted by atomic mass is 35.5. The van der Waals surface area contributed by atoms with Crippen LogP contribution in [0.25, 0.3) is 0 Å². The fraction of sp³-hybridized carbons (Fsp3) is 0.0833. The standard InChI is InChI=1S/C12H8ClN5O3S2/c1-6-2-3-7(13)4-8(6)15-10-16-17-12(22-10)23-11-14-5-9(21-11)18(19)20/h2-5H,1H3,(H,15,16). The molecule has 8 nitrogen and oxygen atoms in total. The lowest BCUT2D eigenvalue weighted by Gasteiger charge is -2.05. The molecule has 0 bridgehead atoms. The van der Waals surface area contributed by atoms with Crippen molar-refractivity contribution in [2.75, 3.05) is 5.32 Å². The van der Waals surface area contributed by atoms with Crippen LogP contribution < -0.4 is 5.32 Å². The number of nitrogens with one attached hydrogen (secondary N) is 1. The van der Waals surface area contributed by atoms with Crippen LogP contribution in [0.4, 0.5) is 16.7 Å². The van der Waals surface area contributed by atoms with Gasteiger partial charge >= 0.3 is 5.88 Å². The van der Waals surface area contributed by atoms with Gasteiger partial charge in [-0.2, -0.15) is 0 Å². The van der Waals surface area contributed by atoms with E-state index >= 15 is 0 Å². The van der Waals surface area contributed by atoms with Crippen LogP contribution in [0.15, 0.2) is 38.4 Å². The third-order valence-corrected chi connectivity index (χ3v) is 4.66. The largest absolute Gasteiger partial charge is 0.453 e. The quantitative estimate of drug-likeness (QED) is 0.524. The predicted molar refractivity (Wildman–Crippen MR) is 86.7 cm³/mol. The van der Waals surface area contributed by atoms with E-state index < -0.39 is 10.8 Å². The first-order chi connectivity index (χ1) is 11.0. The highest BCUT2D eigenvalue weighted by Crippen LogP contribution is 2.34. The second-order valence-corrected chi connectivity index (χ2v) is 6.89. The minimum Gasteiger partial charge on any atom is -0.374 e. The molecule has 23 heavy (non-hydrogen) atoms. The second-order valence-electron chi connectivity index (χ2n) is 4.28. The number of aryl methyl sites for hydroxylation is 1. The molecule has 11 heteroatoms. The molecule has 2 aromatic heterocycles. The topological polar surface area (TPSA) is 107 Å². The third-order valence-electron chi connectivity index (χ3n) is 2.67. The van der Waals surface area contributed by atoms with E-state index in [2.05, 4.69) is 20.5 Å². The monoisotopic (exact) mass is 369 g/mol. The van der Waals surface area contributed by atoms with Gasteiger partial charge in [-0.3, -0.25) is 10.1 Å². The zero-order chi connectivity index (χ0) is 16.4. The number of nitro groups is 1. The molecule has 0 saturated heterocycles. The van der Waals surface area contributed by atoms with E-state index in [0.29, 0.717) is 14.5 Å². The van der Waals surface area contributed by atoms with Crippen molar-refractivity contribution in [3.63, 3.8) is 0 Å². The zero-order valence-corrected chi connectivity index (χ0v) is 13.9. The van der Waals surface area contributed by atoms with Gasteiger partial charge in [-0.15, -0.1) is 10.2 Å². The van der Waals surface area contributed by atoms with E-state index in [1.165, 1.54) is 11.3 Å². The summed E-state index contributed by atoms with van der Waals surface area (Å²) in [5.74, 6) is -0.412. The number of anilines is 2. The summed E-state index contributed by atoms with van der Waals surface area (Å²) in [6.07, 6.45) is 1.05. The molecule has 0 amide bonds. The number of nitrogens with zero attached hydrogens (tertiary/aromatic N) is 4. The molecule has 0 atom stereocenters. The van der Waals surface area contributed by atoms with E-state index in [-0.39, 0.29) is 5.22 Å². The van der Waals surface area contributed by atoms with Gasteiger partial charge in [0.25, 0.3) is 5.22 Å². The molecule has 0 radical (unpaired) electrons. The molecular formula is C12H8ClN5O3S2. The zero-order valence-electron chi connectivity index (χ0n) is 11.5. The Hall–Kier alpha value is -2.17. The molecule has 0 saturated carbocycles. The van der Waals surface area contributed by atoms with Gasteiger partial charge in [-0.05, 0) is 24.6 Å². The minimum absolute atomic E-state index is 0.137. The van der Waals surface area contributed by atoms with Gasteiger partial charge < -0.3 is 9.73 Å². The van der Waals surface area contributed by atoms with Gasteiger partial charge in [-0.25, -0.2) is 4.98 Å². The van der Waals surface area contributed by atoms with E-state index in [4.69, 9.17) is 16.0 Å². The molecule has 118 valence electrons. The number of hydrogen-bond acceptors (Lipinski definition) is 9. The molecular weight excluding hydrogens is 362 g/mol. The maximum absolute atomic E-state index is 10.5. The summed E-state index contributed by atoms with van der Waals surface area (Å²) in [5, 5.41) is 23.0. The van der Waals surface area contributed by atoms with Crippen LogP contribution in [0, 0.1) is 17.0 Å². The number of benzene rings is 1. The Kier molecular flexibility index (Phi) is 4.46. The third kappa shape index (κ3) is 3.78. The Balaban J connectivity index is 1.72. The highest BCUT2D eigenvalue weighted by Gasteiger charge is 2.16. The Morgan fingerprint density at radius 1 is 1.43 bits per heavy atom. The van der Waals surface area contributed by atoms with Crippen molar-refractivity contribution >= 4 is 51.4 Å². The van der Waals surface area contributed by atoms with Crippen LogP contribution in [0.1, 0.15) is 5.56 Å². The number of aromatic nitrogens is 3. The van der Waals surface area contributed by atoms with Gasteiger partial charge in [0.2, 0.25) is 5.13 Å². The summed E-state index contributed by atoms with van der Waals surface area (Å²) in [5.41, 5.74) is 1.85. The number of oxazole rings is 1. The highest BCUT2D eigenvalue weighted by molar-refractivity contribution is 8.00. The number of halogens is 1. The minimum atomic E-state index is -0.647. The van der Waals surface area contributed by atoms with E-state index in [1.54, 1.807) is 12.1 Å². The predicted octanol–water partition coefficient (Wildman–Crippen LogP) is 4.29. The molecule has 0 aliphatic rings. The Bertz CT molecular complexity index is 866. The number of hydrogen-bond donors (Lipinski definition) is 1. The SMILES string of the molecule is Cc1ccc(Cl)cc1Nc1nnc(Sc2ncc([N+](=O)[O-])o2)s1. The summed E-state index contributed by atoms with van der Waals surface area (Å²) in [6, 6.07) is 5.49. The average Bonchev–Trinajstić information content (AvgIpc) is 3.13. The average molecular weight is 370 g/mol. The molecule has 0 unspecified atom stereocenters. The van der Waals surface area contributed by atoms with Crippen LogP contribution in [0.5, 0.6) is 0 Å². The van der Waals surface area contributed by atoms with Gasteiger partial charge in [0.15, 0.2) is 4.34 Å². The summed E-state index contributed by atoms with van der Waals surface area (Å²) in [4.78, 5) is 13.7. The van der Waals surface area contributed by atoms with Crippen LogP contribution in [0.2, 0.25) is 5.02 Å². The van der Waals surface area contributed by atoms with Crippen molar-refractivity contribution < 1.29 is 9.34 Å². The number of rotatable bonds is 5. The van der Waals surface area contributed by atoms with Gasteiger partial charge in [0.05, 0.1) is 0 Å².